The molecule has 0 aliphatic heterocycles. The van der Waals surface area contributed by atoms with Crippen LogP contribution in [0.15, 0.2) is 52.9 Å². The summed E-state index contributed by atoms with van der Waals surface area (Å²) in [7, 11) is 0. The average Bonchev–Trinajstić information content (AvgIpc) is 3.25. The highest BCUT2D eigenvalue weighted by Gasteiger charge is 2.20. The number of pyridine rings is 1. The van der Waals surface area contributed by atoms with Gasteiger partial charge in [-0.1, -0.05) is 24.3 Å². The van der Waals surface area contributed by atoms with E-state index < -0.39 is 0 Å². The van der Waals surface area contributed by atoms with Crippen molar-refractivity contribution in [1.29, 1.82) is 0 Å². The molecule has 0 saturated heterocycles. The van der Waals surface area contributed by atoms with Crippen LogP contribution in [0.25, 0.3) is 10.9 Å². The van der Waals surface area contributed by atoms with Crippen LogP contribution in [-0.4, -0.2) is 11.0 Å². The number of rotatable bonds is 5. The lowest BCUT2D eigenvalue weighted by molar-refractivity contribution is 0.452. The van der Waals surface area contributed by atoms with E-state index in [0.717, 1.165) is 35.7 Å². The lowest BCUT2D eigenvalue weighted by Crippen LogP contribution is -2.14. The highest BCUT2D eigenvalue weighted by molar-refractivity contribution is 5.78. The monoisotopic (exact) mass is 278 g/mol. The summed E-state index contributed by atoms with van der Waals surface area (Å²) in [4.78, 5) is 4.69. The van der Waals surface area contributed by atoms with Crippen LogP contribution in [0, 0.1) is 0 Å². The molecule has 0 amide bonds. The fraction of sp³-hybridized carbons (Fsp3) is 0.278. The normalized spacial score (nSPS) is 14.7. The van der Waals surface area contributed by atoms with Gasteiger partial charge < -0.3 is 9.73 Å². The highest BCUT2D eigenvalue weighted by atomic mass is 16.3. The molecule has 3 nitrogen and oxygen atoms in total. The zero-order valence-corrected chi connectivity index (χ0v) is 11.9. The first kappa shape index (κ1) is 12.6. The summed E-state index contributed by atoms with van der Waals surface area (Å²) in [6, 6.07) is 17.2. The van der Waals surface area contributed by atoms with Gasteiger partial charge in [0, 0.05) is 23.5 Å². The van der Waals surface area contributed by atoms with Gasteiger partial charge in [0.25, 0.3) is 0 Å². The molecule has 2 aromatic heterocycles. The molecule has 1 aliphatic carbocycles. The van der Waals surface area contributed by atoms with Gasteiger partial charge in [0.15, 0.2) is 0 Å². The van der Waals surface area contributed by atoms with E-state index >= 15 is 0 Å². The van der Waals surface area contributed by atoms with Crippen LogP contribution >= 0.6 is 0 Å². The summed E-state index contributed by atoms with van der Waals surface area (Å²) in [5, 5.41) is 4.64. The fourth-order valence-electron chi connectivity index (χ4n) is 2.53. The summed E-state index contributed by atoms with van der Waals surface area (Å²) >= 11 is 0. The van der Waals surface area contributed by atoms with Gasteiger partial charge in [-0.15, -0.1) is 0 Å². The molecule has 1 fully saturated rings. The van der Waals surface area contributed by atoms with E-state index in [0.29, 0.717) is 6.04 Å². The second kappa shape index (κ2) is 5.34. The van der Waals surface area contributed by atoms with Gasteiger partial charge in [0.1, 0.15) is 11.5 Å². The molecule has 2 heterocycles. The smallest absolute Gasteiger partial charge is 0.117 e. The number of benzene rings is 1. The molecule has 3 aromatic rings. The molecular formula is C18H18N2O. The van der Waals surface area contributed by atoms with Crippen LogP contribution in [0.1, 0.15) is 30.1 Å². The van der Waals surface area contributed by atoms with Gasteiger partial charge in [-0.05, 0) is 37.1 Å². The molecule has 1 saturated carbocycles. The maximum atomic E-state index is 5.88. The molecule has 0 spiro atoms. The van der Waals surface area contributed by atoms with Gasteiger partial charge >= 0.3 is 0 Å². The van der Waals surface area contributed by atoms with Crippen LogP contribution in [0.2, 0.25) is 0 Å². The van der Waals surface area contributed by atoms with Crippen molar-refractivity contribution < 1.29 is 4.42 Å². The molecule has 106 valence electrons. The molecule has 0 unspecified atom stereocenters. The first-order valence-electron chi connectivity index (χ1n) is 7.52. The molecule has 0 bridgehead atoms. The van der Waals surface area contributed by atoms with Crippen LogP contribution in [0.3, 0.4) is 0 Å². The second-order valence-electron chi connectivity index (χ2n) is 5.70. The van der Waals surface area contributed by atoms with Gasteiger partial charge in [-0.3, -0.25) is 4.98 Å². The number of hydrogen-bond donors (Lipinski definition) is 1. The number of para-hydroxylation sites is 1. The van der Waals surface area contributed by atoms with Crippen LogP contribution in [-0.2, 0) is 13.0 Å². The van der Waals surface area contributed by atoms with E-state index in [1.165, 1.54) is 18.2 Å². The number of aromatic nitrogens is 1. The van der Waals surface area contributed by atoms with Gasteiger partial charge in [-0.25, -0.2) is 0 Å². The van der Waals surface area contributed by atoms with Crippen LogP contribution in [0.4, 0.5) is 0 Å². The second-order valence-corrected chi connectivity index (χ2v) is 5.70. The first-order valence-corrected chi connectivity index (χ1v) is 7.52. The Hall–Kier alpha value is -2.13. The van der Waals surface area contributed by atoms with Gasteiger partial charge in [-0.2, -0.15) is 0 Å². The Morgan fingerprint density at radius 3 is 2.76 bits per heavy atom. The Morgan fingerprint density at radius 2 is 1.86 bits per heavy atom. The van der Waals surface area contributed by atoms with Crippen LogP contribution < -0.4 is 5.32 Å². The van der Waals surface area contributed by atoms with Crippen molar-refractivity contribution in [2.45, 2.75) is 31.8 Å². The topological polar surface area (TPSA) is 38.1 Å². The van der Waals surface area contributed by atoms with E-state index in [1.807, 2.05) is 18.2 Å². The molecule has 0 radical (unpaired) electrons. The summed E-state index contributed by atoms with van der Waals surface area (Å²) in [5.41, 5.74) is 2.09. The predicted molar refractivity (Wildman–Crippen MR) is 83.1 cm³/mol. The van der Waals surface area contributed by atoms with Crippen molar-refractivity contribution >= 4 is 10.9 Å². The van der Waals surface area contributed by atoms with Gasteiger partial charge in [0.05, 0.1) is 12.1 Å². The molecule has 1 aliphatic rings. The number of nitrogens with zero attached hydrogens (tertiary/aromatic N) is 1. The van der Waals surface area contributed by atoms with Crippen molar-refractivity contribution in [2.24, 2.45) is 0 Å². The Kier molecular flexibility index (Phi) is 3.20. The van der Waals surface area contributed by atoms with E-state index in [2.05, 4.69) is 40.6 Å². The zero-order valence-electron chi connectivity index (χ0n) is 11.9. The van der Waals surface area contributed by atoms with E-state index in [9.17, 15) is 0 Å². The molecule has 4 rings (SSSR count). The maximum absolute atomic E-state index is 5.88. The Labute approximate surface area is 124 Å². The molecule has 1 N–H and O–H groups in total. The third-order valence-corrected chi connectivity index (χ3v) is 3.87. The largest absolute Gasteiger partial charge is 0.464 e. The standard InChI is InChI=1S/C18H18N2O/c1-2-4-18-13(3-1)5-6-15(20-18)11-16-9-10-17(21-16)12-19-14-7-8-14/h1-6,9-10,14,19H,7-8,11-12H2. The summed E-state index contributed by atoms with van der Waals surface area (Å²) < 4.78 is 5.88. The molecule has 21 heavy (non-hydrogen) atoms. The minimum atomic E-state index is 0.709. The number of hydrogen-bond acceptors (Lipinski definition) is 3. The Balaban J connectivity index is 1.48. The summed E-state index contributed by atoms with van der Waals surface area (Å²) in [6.45, 7) is 0.829. The van der Waals surface area contributed by atoms with Crippen molar-refractivity contribution in [3.63, 3.8) is 0 Å². The third kappa shape index (κ3) is 2.98. The summed E-state index contributed by atoms with van der Waals surface area (Å²) in [6.07, 6.45) is 3.34. The molecular weight excluding hydrogens is 260 g/mol. The maximum Gasteiger partial charge on any atom is 0.117 e. The minimum absolute atomic E-state index is 0.709. The molecule has 0 atom stereocenters. The molecule has 3 heteroatoms. The quantitative estimate of drug-likeness (QED) is 0.774. The fourth-order valence-corrected chi connectivity index (χ4v) is 2.53. The summed E-state index contributed by atoms with van der Waals surface area (Å²) in [5.74, 6) is 1.99. The lowest BCUT2D eigenvalue weighted by atomic mass is 10.1. The minimum Gasteiger partial charge on any atom is -0.464 e. The Morgan fingerprint density at radius 1 is 1.00 bits per heavy atom. The van der Waals surface area contributed by atoms with E-state index in [1.54, 1.807) is 0 Å². The number of nitrogens with one attached hydrogen (secondary N) is 1. The first-order chi connectivity index (χ1) is 10.4. The number of fused-ring (bicyclic) bond motifs is 1. The number of furan rings is 1. The lowest BCUT2D eigenvalue weighted by Gasteiger charge is -2.02. The van der Waals surface area contributed by atoms with Crippen LogP contribution in [0.5, 0.6) is 0 Å². The van der Waals surface area contributed by atoms with Crippen molar-refractivity contribution in [3.8, 4) is 0 Å². The van der Waals surface area contributed by atoms with E-state index in [4.69, 9.17) is 4.42 Å². The van der Waals surface area contributed by atoms with E-state index in [-0.39, 0.29) is 0 Å². The Bertz CT molecular complexity index is 759. The SMILES string of the molecule is c1ccc2nc(Cc3ccc(CNC4CC4)o3)ccc2c1. The zero-order chi connectivity index (χ0) is 14.1. The third-order valence-electron chi connectivity index (χ3n) is 3.87. The van der Waals surface area contributed by atoms with Gasteiger partial charge in [0.2, 0.25) is 0 Å². The molecule has 1 aromatic carbocycles. The highest BCUT2D eigenvalue weighted by Crippen LogP contribution is 2.20. The van der Waals surface area contributed by atoms with Crippen molar-refractivity contribution in [2.75, 3.05) is 0 Å². The van der Waals surface area contributed by atoms with Crippen molar-refractivity contribution in [1.82, 2.24) is 10.3 Å². The predicted octanol–water partition coefficient (Wildman–Crippen LogP) is 3.67. The van der Waals surface area contributed by atoms with Crippen molar-refractivity contribution in [3.05, 3.63) is 65.7 Å². The average molecular weight is 278 g/mol.